The largest absolute Gasteiger partial charge is 0.456 e. The average molecular weight is 381 g/mol. The Bertz CT molecular complexity index is 1530. The minimum Gasteiger partial charge on any atom is -0.456 e. The molecule has 4 aromatic carbocycles. The van der Waals surface area contributed by atoms with Gasteiger partial charge in [-0.2, -0.15) is 0 Å². The standard InChI is InChI=1S/C24H13ClN2O/c25-24-26-19-8-4-3-7-17(19)23(27-24)15-10-11-20-18(13-15)22-16-6-2-1-5-14(16)9-12-21(22)28-20/h1-13H. The molecule has 0 aliphatic carbocycles. The summed E-state index contributed by atoms with van der Waals surface area (Å²) in [7, 11) is 0. The molecule has 0 atom stereocenters. The van der Waals surface area contributed by atoms with Gasteiger partial charge in [0.2, 0.25) is 5.28 Å². The van der Waals surface area contributed by atoms with Crippen LogP contribution < -0.4 is 0 Å². The van der Waals surface area contributed by atoms with Crippen LogP contribution >= 0.6 is 11.6 Å². The normalized spacial score (nSPS) is 11.8. The smallest absolute Gasteiger partial charge is 0.223 e. The highest BCUT2D eigenvalue weighted by atomic mass is 35.5. The van der Waals surface area contributed by atoms with E-state index in [-0.39, 0.29) is 5.28 Å². The van der Waals surface area contributed by atoms with Crippen molar-refractivity contribution in [1.29, 1.82) is 0 Å². The van der Waals surface area contributed by atoms with E-state index in [4.69, 9.17) is 16.0 Å². The second-order valence-corrected chi connectivity index (χ2v) is 7.17. The molecule has 4 heteroatoms. The van der Waals surface area contributed by atoms with Crippen molar-refractivity contribution in [3.63, 3.8) is 0 Å². The minimum absolute atomic E-state index is 0.247. The summed E-state index contributed by atoms with van der Waals surface area (Å²) in [6.07, 6.45) is 0. The number of halogens is 1. The molecule has 2 aromatic heterocycles. The van der Waals surface area contributed by atoms with E-state index in [1.165, 1.54) is 10.8 Å². The summed E-state index contributed by atoms with van der Waals surface area (Å²) in [5.74, 6) is 0. The van der Waals surface area contributed by atoms with Gasteiger partial charge in [-0.3, -0.25) is 0 Å². The van der Waals surface area contributed by atoms with E-state index in [1.807, 2.05) is 42.5 Å². The summed E-state index contributed by atoms with van der Waals surface area (Å²) < 4.78 is 6.10. The van der Waals surface area contributed by atoms with Crippen LogP contribution in [0.25, 0.3) is 54.9 Å². The van der Waals surface area contributed by atoms with Crippen molar-refractivity contribution in [2.75, 3.05) is 0 Å². The molecule has 0 bridgehead atoms. The lowest BCUT2D eigenvalue weighted by atomic mass is 10.0. The Morgan fingerprint density at radius 2 is 1.46 bits per heavy atom. The topological polar surface area (TPSA) is 38.9 Å². The maximum Gasteiger partial charge on any atom is 0.223 e. The predicted octanol–water partition coefficient (Wildman–Crippen LogP) is 7.00. The summed E-state index contributed by atoms with van der Waals surface area (Å²) in [6.45, 7) is 0. The van der Waals surface area contributed by atoms with E-state index >= 15 is 0 Å². The molecule has 28 heavy (non-hydrogen) atoms. The number of nitrogens with zero attached hydrogens (tertiary/aromatic N) is 2. The SMILES string of the molecule is Clc1nc(-c2ccc3oc4ccc5ccccc5c4c3c2)c2ccccc2n1. The third kappa shape index (κ3) is 2.23. The van der Waals surface area contributed by atoms with Crippen molar-refractivity contribution < 1.29 is 4.42 Å². The van der Waals surface area contributed by atoms with E-state index < -0.39 is 0 Å². The Morgan fingerprint density at radius 3 is 2.39 bits per heavy atom. The average Bonchev–Trinajstić information content (AvgIpc) is 3.11. The third-order valence-corrected chi connectivity index (χ3v) is 5.38. The van der Waals surface area contributed by atoms with Crippen LogP contribution in [-0.2, 0) is 0 Å². The molecule has 0 radical (unpaired) electrons. The lowest BCUT2D eigenvalue weighted by molar-refractivity contribution is 0.669. The highest BCUT2D eigenvalue weighted by Gasteiger charge is 2.14. The number of aromatic nitrogens is 2. The van der Waals surface area contributed by atoms with Gasteiger partial charge in [0.15, 0.2) is 0 Å². The zero-order valence-electron chi connectivity index (χ0n) is 14.7. The molecule has 0 aliphatic rings. The van der Waals surface area contributed by atoms with Crippen LogP contribution in [0.15, 0.2) is 83.3 Å². The van der Waals surface area contributed by atoms with Gasteiger partial charge in [0.1, 0.15) is 11.2 Å². The molecule has 0 amide bonds. The predicted molar refractivity (Wildman–Crippen MR) is 115 cm³/mol. The zero-order chi connectivity index (χ0) is 18.7. The van der Waals surface area contributed by atoms with Crippen LogP contribution in [0.5, 0.6) is 0 Å². The third-order valence-electron chi connectivity index (χ3n) is 5.21. The maximum atomic E-state index is 6.20. The Hall–Kier alpha value is -3.43. The summed E-state index contributed by atoms with van der Waals surface area (Å²) in [4.78, 5) is 8.87. The number of hydrogen-bond acceptors (Lipinski definition) is 3. The minimum atomic E-state index is 0.247. The van der Waals surface area contributed by atoms with Gasteiger partial charge in [-0.15, -0.1) is 0 Å². The Morgan fingerprint density at radius 1 is 0.679 bits per heavy atom. The molecule has 3 nitrogen and oxygen atoms in total. The molecule has 0 aliphatic heterocycles. The highest BCUT2D eigenvalue weighted by molar-refractivity contribution is 6.29. The van der Waals surface area contributed by atoms with Crippen LogP contribution in [0, 0.1) is 0 Å². The number of hydrogen-bond donors (Lipinski definition) is 0. The van der Waals surface area contributed by atoms with Crippen LogP contribution in [0.2, 0.25) is 5.28 Å². The second kappa shape index (κ2) is 5.78. The number of para-hydroxylation sites is 1. The van der Waals surface area contributed by atoms with Gasteiger partial charge in [0, 0.05) is 21.7 Å². The fourth-order valence-electron chi connectivity index (χ4n) is 3.96. The number of furan rings is 1. The van der Waals surface area contributed by atoms with Gasteiger partial charge in [-0.1, -0.05) is 48.5 Å². The Kier molecular flexibility index (Phi) is 3.22. The van der Waals surface area contributed by atoms with Crippen LogP contribution in [-0.4, -0.2) is 9.97 Å². The highest BCUT2D eigenvalue weighted by Crippen LogP contribution is 2.37. The van der Waals surface area contributed by atoms with Crippen molar-refractivity contribution in [3.05, 3.63) is 84.1 Å². The lowest BCUT2D eigenvalue weighted by Crippen LogP contribution is -1.91. The maximum absolute atomic E-state index is 6.20. The van der Waals surface area contributed by atoms with E-state index in [9.17, 15) is 0 Å². The zero-order valence-corrected chi connectivity index (χ0v) is 15.4. The molecule has 0 saturated carbocycles. The van der Waals surface area contributed by atoms with E-state index in [1.54, 1.807) is 0 Å². The van der Waals surface area contributed by atoms with Crippen LogP contribution in [0.3, 0.4) is 0 Å². The monoisotopic (exact) mass is 380 g/mol. The van der Waals surface area contributed by atoms with Gasteiger partial charge in [0.05, 0.1) is 11.2 Å². The van der Waals surface area contributed by atoms with Gasteiger partial charge in [-0.05, 0) is 52.7 Å². The molecule has 0 spiro atoms. The number of rotatable bonds is 1. The molecule has 2 heterocycles. The van der Waals surface area contributed by atoms with Gasteiger partial charge >= 0.3 is 0 Å². The van der Waals surface area contributed by atoms with Gasteiger partial charge in [0.25, 0.3) is 0 Å². The Balaban J connectivity index is 1.72. The first-order valence-corrected chi connectivity index (χ1v) is 9.42. The first-order chi connectivity index (χ1) is 13.8. The lowest BCUT2D eigenvalue weighted by Gasteiger charge is -2.06. The van der Waals surface area contributed by atoms with Crippen molar-refractivity contribution in [2.24, 2.45) is 0 Å². The summed E-state index contributed by atoms with van der Waals surface area (Å²) in [6, 6.07) is 26.6. The number of benzene rings is 4. The molecule has 0 unspecified atom stereocenters. The fourth-order valence-corrected chi connectivity index (χ4v) is 4.14. The molecular weight excluding hydrogens is 368 g/mol. The van der Waals surface area contributed by atoms with E-state index in [2.05, 4.69) is 46.4 Å². The fraction of sp³-hybridized carbons (Fsp3) is 0. The van der Waals surface area contributed by atoms with Crippen molar-refractivity contribution >= 4 is 55.2 Å². The summed E-state index contributed by atoms with van der Waals surface area (Å²) >= 11 is 6.20. The quantitative estimate of drug-likeness (QED) is 0.288. The molecule has 132 valence electrons. The molecule has 6 aromatic rings. The molecule has 0 N–H and O–H groups in total. The van der Waals surface area contributed by atoms with E-state index in [0.29, 0.717) is 0 Å². The van der Waals surface area contributed by atoms with Crippen molar-refractivity contribution in [3.8, 4) is 11.3 Å². The van der Waals surface area contributed by atoms with Crippen LogP contribution in [0.4, 0.5) is 0 Å². The first-order valence-electron chi connectivity index (χ1n) is 9.05. The van der Waals surface area contributed by atoms with Crippen LogP contribution in [0.1, 0.15) is 0 Å². The van der Waals surface area contributed by atoms with Crippen molar-refractivity contribution in [2.45, 2.75) is 0 Å². The molecule has 0 fully saturated rings. The number of fused-ring (bicyclic) bond motifs is 6. The first kappa shape index (κ1) is 15.6. The molecular formula is C24H13ClN2O. The molecule has 6 rings (SSSR count). The molecule has 0 saturated heterocycles. The van der Waals surface area contributed by atoms with Gasteiger partial charge in [-0.25, -0.2) is 9.97 Å². The van der Waals surface area contributed by atoms with E-state index in [0.717, 1.165) is 44.1 Å². The van der Waals surface area contributed by atoms with Crippen molar-refractivity contribution in [1.82, 2.24) is 9.97 Å². The summed E-state index contributed by atoms with van der Waals surface area (Å²) in [5.41, 5.74) is 4.40. The Labute approximate surface area is 165 Å². The van der Waals surface area contributed by atoms with Gasteiger partial charge < -0.3 is 4.42 Å². The summed E-state index contributed by atoms with van der Waals surface area (Å²) in [5, 5.41) is 5.79. The second-order valence-electron chi connectivity index (χ2n) is 6.83.